The van der Waals surface area contributed by atoms with Crippen molar-refractivity contribution in [2.45, 2.75) is 26.2 Å². The number of aryl methyl sites for hydroxylation is 1. The van der Waals surface area contributed by atoms with Gasteiger partial charge in [-0.05, 0) is 18.6 Å². The number of nitrogens with zero attached hydrogens (tertiary/aromatic N) is 2. The molecule has 0 bridgehead atoms. The van der Waals surface area contributed by atoms with E-state index in [-0.39, 0.29) is 5.82 Å². The van der Waals surface area contributed by atoms with Gasteiger partial charge in [0.2, 0.25) is 0 Å². The standard InChI is InChI=1S/C12H14FN3/c1-2-3-8-11-14-12(16-15-11)9-6-4-5-7-10(9)13/h4-7H,2-3,8H2,1H3,(H,14,15,16). The van der Waals surface area contributed by atoms with Crippen molar-refractivity contribution in [2.75, 3.05) is 0 Å². The van der Waals surface area contributed by atoms with E-state index in [0.29, 0.717) is 11.4 Å². The van der Waals surface area contributed by atoms with Crippen LogP contribution >= 0.6 is 0 Å². The van der Waals surface area contributed by atoms with Gasteiger partial charge < -0.3 is 0 Å². The molecule has 1 aromatic heterocycles. The molecule has 2 rings (SSSR count). The molecule has 1 N–H and O–H groups in total. The van der Waals surface area contributed by atoms with E-state index < -0.39 is 0 Å². The van der Waals surface area contributed by atoms with Gasteiger partial charge in [0.25, 0.3) is 0 Å². The molecule has 2 aromatic rings. The lowest BCUT2D eigenvalue weighted by atomic mass is 10.2. The van der Waals surface area contributed by atoms with Crippen molar-refractivity contribution in [3.05, 3.63) is 35.9 Å². The fourth-order valence-electron chi connectivity index (χ4n) is 1.51. The average Bonchev–Trinajstić information content (AvgIpc) is 2.75. The summed E-state index contributed by atoms with van der Waals surface area (Å²) in [5, 5.41) is 6.86. The molecule has 0 aliphatic heterocycles. The Kier molecular flexibility index (Phi) is 3.29. The molecule has 3 nitrogen and oxygen atoms in total. The molecule has 0 saturated heterocycles. The Balaban J connectivity index is 2.22. The lowest BCUT2D eigenvalue weighted by molar-refractivity contribution is 0.630. The van der Waals surface area contributed by atoms with E-state index in [1.54, 1.807) is 18.2 Å². The number of benzene rings is 1. The minimum Gasteiger partial charge on any atom is -0.263 e. The summed E-state index contributed by atoms with van der Waals surface area (Å²) in [5.74, 6) is 0.966. The van der Waals surface area contributed by atoms with Crippen LogP contribution in [-0.4, -0.2) is 15.2 Å². The first-order valence-electron chi connectivity index (χ1n) is 5.47. The van der Waals surface area contributed by atoms with E-state index >= 15 is 0 Å². The monoisotopic (exact) mass is 219 g/mol. The summed E-state index contributed by atoms with van der Waals surface area (Å²) in [6.07, 6.45) is 3.03. The first-order valence-corrected chi connectivity index (χ1v) is 5.47. The Morgan fingerprint density at radius 3 is 2.88 bits per heavy atom. The average molecular weight is 219 g/mol. The second-order valence-corrected chi connectivity index (χ2v) is 3.69. The molecule has 0 aliphatic rings. The third-order valence-corrected chi connectivity index (χ3v) is 2.41. The highest BCUT2D eigenvalue weighted by atomic mass is 19.1. The van der Waals surface area contributed by atoms with Crippen molar-refractivity contribution in [3.8, 4) is 11.4 Å². The number of halogens is 1. The van der Waals surface area contributed by atoms with E-state index in [0.717, 1.165) is 25.1 Å². The first kappa shape index (κ1) is 10.8. The van der Waals surface area contributed by atoms with E-state index in [1.807, 2.05) is 0 Å². The van der Waals surface area contributed by atoms with Crippen LogP contribution in [0.3, 0.4) is 0 Å². The van der Waals surface area contributed by atoms with Crippen molar-refractivity contribution < 1.29 is 4.39 Å². The Labute approximate surface area is 93.7 Å². The minimum absolute atomic E-state index is 0.288. The Morgan fingerprint density at radius 2 is 2.12 bits per heavy atom. The van der Waals surface area contributed by atoms with Crippen LogP contribution in [0.2, 0.25) is 0 Å². The van der Waals surface area contributed by atoms with Crippen LogP contribution in [0.25, 0.3) is 11.4 Å². The largest absolute Gasteiger partial charge is 0.263 e. The van der Waals surface area contributed by atoms with E-state index in [1.165, 1.54) is 6.07 Å². The maximum atomic E-state index is 13.4. The Hall–Kier alpha value is -1.71. The van der Waals surface area contributed by atoms with Crippen LogP contribution in [0.1, 0.15) is 25.6 Å². The highest BCUT2D eigenvalue weighted by Gasteiger charge is 2.09. The molecule has 0 radical (unpaired) electrons. The number of aromatic nitrogens is 3. The number of H-pyrrole nitrogens is 1. The molecule has 16 heavy (non-hydrogen) atoms. The Morgan fingerprint density at radius 1 is 1.31 bits per heavy atom. The van der Waals surface area contributed by atoms with Gasteiger partial charge in [0.1, 0.15) is 11.6 Å². The van der Waals surface area contributed by atoms with Gasteiger partial charge in [-0.1, -0.05) is 25.5 Å². The van der Waals surface area contributed by atoms with E-state index in [2.05, 4.69) is 22.1 Å². The lowest BCUT2D eigenvalue weighted by Gasteiger charge is -1.95. The maximum absolute atomic E-state index is 13.4. The summed E-state index contributed by atoms with van der Waals surface area (Å²) >= 11 is 0. The van der Waals surface area contributed by atoms with E-state index in [9.17, 15) is 4.39 Å². The number of aromatic amines is 1. The van der Waals surface area contributed by atoms with Gasteiger partial charge in [-0.3, -0.25) is 5.10 Å². The third kappa shape index (κ3) is 2.27. The van der Waals surface area contributed by atoms with Gasteiger partial charge in [-0.2, -0.15) is 5.10 Å². The number of rotatable bonds is 4. The predicted octanol–water partition coefficient (Wildman–Crippen LogP) is 2.95. The molecular weight excluding hydrogens is 205 g/mol. The van der Waals surface area contributed by atoms with Crippen molar-refractivity contribution in [3.63, 3.8) is 0 Å². The first-order chi connectivity index (χ1) is 7.81. The van der Waals surface area contributed by atoms with Crippen LogP contribution in [0.5, 0.6) is 0 Å². The van der Waals surface area contributed by atoms with Crippen molar-refractivity contribution in [2.24, 2.45) is 0 Å². The molecule has 1 heterocycles. The fraction of sp³-hybridized carbons (Fsp3) is 0.333. The van der Waals surface area contributed by atoms with Gasteiger partial charge in [-0.25, -0.2) is 9.37 Å². The summed E-state index contributed by atoms with van der Waals surface area (Å²) in [6, 6.07) is 6.53. The molecule has 0 atom stereocenters. The number of nitrogens with one attached hydrogen (secondary N) is 1. The van der Waals surface area contributed by atoms with Gasteiger partial charge in [0.15, 0.2) is 5.82 Å². The molecule has 1 aromatic carbocycles. The van der Waals surface area contributed by atoms with Crippen molar-refractivity contribution in [1.82, 2.24) is 15.2 Å². The smallest absolute Gasteiger partial charge is 0.184 e. The minimum atomic E-state index is -0.288. The summed E-state index contributed by atoms with van der Waals surface area (Å²) in [7, 11) is 0. The molecule has 0 spiro atoms. The SMILES string of the molecule is CCCCc1nc(-c2ccccc2F)n[nH]1. The number of unbranched alkanes of at least 4 members (excludes halogenated alkanes) is 1. The molecule has 0 saturated carbocycles. The van der Waals surface area contributed by atoms with Crippen LogP contribution in [-0.2, 0) is 6.42 Å². The van der Waals surface area contributed by atoms with Crippen LogP contribution in [0.4, 0.5) is 4.39 Å². The maximum Gasteiger partial charge on any atom is 0.184 e. The lowest BCUT2D eigenvalue weighted by Crippen LogP contribution is -1.88. The molecule has 0 unspecified atom stereocenters. The molecule has 84 valence electrons. The highest BCUT2D eigenvalue weighted by Crippen LogP contribution is 2.18. The molecule has 0 fully saturated rings. The summed E-state index contributed by atoms with van der Waals surface area (Å²) < 4.78 is 13.4. The topological polar surface area (TPSA) is 41.6 Å². The molecule has 0 amide bonds. The van der Waals surface area contributed by atoms with Gasteiger partial charge in [-0.15, -0.1) is 0 Å². The predicted molar refractivity (Wildman–Crippen MR) is 60.4 cm³/mol. The number of hydrogen-bond donors (Lipinski definition) is 1. The van der Waals surface area contributed by atoms with Crippen LogP contribution in [0, 0.1) is 5.82 Å². The quantitative estimate of drug-likeness (QED) is 0.858. The van der Waals surface area contributed by atoms with Crippen LogP contribution < -0.4 is 0 Å². The second-order valence-electron chi connectivity index (χ2n) is 3.69. The second kappa shape index (κ2) is 4.88. The van der Waals surface area contributed by atoms with Crippen LogP contribution in [0.15, 0.2) is 24.3 Å². The number of hydrogen-bond acceptors (Lipinski definition) is 2. The zero-order valence-electron chi connectivity index (χ0n) is 9.20. The van der Waals surface area contributed by atoms with Crippen molar-refractivity contribution >= 4 is 0 Å². The summed E-state index contributed by atoms with van der Waals surface area (Å²) in [6.45, 7) is 2.12. The Bertz CT molecular complexity index is 465. The summed E-state index contributed by atoms with van der Waals surface area (Å²) in [4.78, 5) is 4.27. The highest BCUT2D eigenvalue weighted by molar-refractivity contribution is 5.55. The zero-order valence-corrected chi connectivity index (χ0v) is 9.20. The molecule has 4 heteroatoms. The summed E-state index contributed by atoms with van der Waals surface area (Å²) in [5.41, 5.74) is 0.446. The molecular formula is C12H14FN3. The van der Waals surface area contributed by atoms with Gasteiger partial charge in [0, 0.05) is 6.42 Å². The zero-order chi connectivity index (χ0) is 11.4. The third-order valence-electron chi connectivity index (χ3n) is 2.41. The van der Waals surface area contributed by atoms with Gasteiger partial charge in [0.05, 0.1) is 5.56 Å². The normalized spacial score (nSPS) is 10.6. The fourth-order valence-corrected chi connectivity index (χ4v) is 1.51. The van der Waals surface area contributed by atoms with Gasteiger partial charge >= 0.3 is 0 Å². The van der Waals surface area contributed by atoms with E-state index in [4.69, 9.17) is 0 Å². The molecule has 0 aliphatic carbocycles. The van der Waals surface area contributed by atoms with Crippen molar-refractivity contribution in [1.29, 1.82) is 0 Å².